The first-order valence-electron chi connectivity index (χ1n) is 3.30. The second-order valence-electron chi connectivity index (χ2n) is 2.39. The van der Waals surface area contributed by atoms with E-state index < -0.39 is 11.8 Å². The van der Waals surface area contributed by atoms with Crippen molar-refractivity contribution in [3.05, 3.63) is 0 Å². The Morgan fingerprint density at radius 3 is 2.00 bits per heavy atom. The Hall–Kier alpha value is -0.120. The van der Waals surface area contributed by atoms with Crippen LogP contribution in [0.3, 0.4) is 0 Å². The van der Waals surface area contributed by atoms with Crippen LogP contribution in [0.1, 0.15) is 26.7 Å². The molecule has 0 saturated carbocycles. The van der Waals surface area contributed by atoms with E-state index in [0.717, 1.165) is 0 Å². The van der Waals surface area contributed by atoms with Gasteiger partial charge in [0.25, 0.3) is 0 Å². The summed E-state index contributed by atoms with van der Waals surface area (Å²) in [4.78, 5) is 0. The Morgan fingerprint density at radius 2 is 1.89 bits per heavy atom. The molecule has 0 aliphatic heterocycles. The van der Waals surface area contributed by atoms with E-state index in [0.29, 0.717) is 12.8 Å². The highest BCUT2D eigenvalue weighted by molar-refractivity contribution is 4.82. The predicted octanol–water partition coefficient (Wildman–Crippen LogP) is -0.219. The fraction of sp³-hybridized carbons (Fsp3) is 1.00. The lowest BCUT2D eigenvalue weighted by molar-refractivity contribution is 0.0810. The lowest BCUT2D eigenvalue weighted by atomic mass is 10.0. The van der Waals surface area contributed by atoms with E-state index in [4.69, 9.17) is 16.6 Å². The molecule has 0 aliphatic rings. The smallest absolute Gasteiger partial charge is 0.0900 e. The largest absolute Gasteiger partial charge is 0.390 e. The third-order valence-electron chi connectivity index (χ3n) is 1.62. The summed E-state index contributed by atoms with van der Waals surface area (Å²) in [6, 6.07) is 0. The summed E-state index contributed by atoms with van der Waals surface area (Å²) >= 11 is 0. The zero-order chi connectivity index (χ0) is 7.49. The van der Waals surface area contributed by atoms with E-state index in [1.165, 1.54) is 0 Å². The molecule has 1 unspecified atom stereocenters. The van der Waals surface area contributed by atoms with Crippen LogP contribution in [0.15, 0.2) is 0 Å². The van der Waals surface area contributed by atoms with Crippen LogP contribution < -0.4 is 11.5 Å². The van der Waals surface area contributed by atoms with Crippen molar-refractivity contribution in [2.45, 2.75) is 38.5 Å². The molecule has 0 saturated heterocycles. The molecule has 9 heavy (non-hydrogen) atoms. The highest BCUT2D eigenvalue weighted by Gasteiger charge is 2.24. The van der Waals surface area contributed by atoms with Crippen LogP contribution in [0.5, 0.6) is 0 Å². The fourth-order valence-corrected chi connectivity index (χ4v) is 0.616. The molecule has 1 atom stereocenters. The number of aliphatic hydroxyl groups is 1. The highest BCUT2D eigenvalue weighted by atomic mass is 16.3. The molecule has 0 amide bonds. The van der Waals surface area contributed by atoms with E-state index in [9.17, 15) is 0 Å². The quantitative estimate of drug-likeness (QED) is 0.465. The van der Waals surface area contributed by atoms with Crippen LogP contribution >= 0.6 is 0 Å². The average molecular weight is 132 g/mol. The minimum absolute atomic E-state index is 0.581. The molecule has 3 heteroatoms. The SMILES string of the molecule is CCC(O)C(N)(N)CC. The van der Waals surface area contributed by atoms with Gasteiger partial charge in [-0.15, -0.1) is 0 Å². The molecule has 0 aliphatic carbocycles. The van der Waals surface area contributed by atoms with Crippen molar-refractivity contribution in [2.75, 3.05) is 0 Å². The fourth-order valence-electron chi connectivity index (χ4n) is 0.616. The number of hydrogen-bond donors (Lipinski definition) is 3. The zero-order valence-electron chi connectivity index (χ0n) is 6.09. The van der Waals surface area contributed by atoms with Gasteiger partial charge in [0.05, 0.1) is 11.8 Å². The summed E-state index contributed by atoms with van der Waals surface area (Å²) in [5.74, 6) is 0. The summed E-state index contributed by atoms with van der Waals surface area (Å²) in [6.45, 7) is 3.72. The number of rotatable bonds is 3. The van der Waals surface area contributed by atoms with Gasteiger partial charge in [0.2, 0.25) is 0 Å². The molecule has 0 heterocycles. The van der Waals surface area contributed by atoms with Crippen molar-refractivity contribution in [3.63, 3.8) is 0 Å². The van der Waals surface area contributed by atoms with E-state index in [2.05, 4.69) is 0 Å². The third-order valence-corrected chi connectivity index (χ3v) is 1.62. The topological polar surface area (TPSA) is 72.3 Å². The first-order valence-corrected chi connectivity index (χ1v) is 3.30. The lowest BCUT2D eigenvalue weighted by Crippen LogP contribution is -2.58. The van der Waals surface area contributed by atoms with Crippen molar-refractivity contribution in [2.24, 2.45) is 11.5 Å². The molecule has 0 aromatic heterocycles. The molecule has 0 aromatic carbocycles. The maximum absolute atomic E-state index is 9.14. The van der Waals surface area contributed by atoms with Crippen LogP contribution in [0.25, 0.3) is 0 Å². The van der Waals surface area contributed by atoms with Gasteiger partial charge in [-0.25, -0.2) is 0 Å². The van der Waals surface area contributed by atoms with Gasteiger partial charge < -0.3 is 16.6 Å². The molecule has 5 N–H and O–H groups in total. The van der Waals surface area contributed by atoms with Gasteiger partial charge in [0.15, 0.2) is 0 Å². The van der Waals surface area contributed by atoms with E-state index in [1.807, 2.05) is 13.8 Å². The summed E-state index contributed by atoms with van der Waals surface area (Å²) in [5.41, 5.74) is 10.1. The predicted molar refractivity (Wildman–Crippen MR) is 37.7 cm³/mol. The minimum atomic E-state index is -0.894. The summed E-state index contributed by atoms with van der Waals surface area (Å²) in [7, 11) is 0. The molecule has 0 spiro atoms. The molecule has 0 fully saturated rings. The minimum Gasteiger partial charge on any atom is -0.390 e. The van der Waals surface area contributed by atoms with Gasteiger partial charge in [-0.3, -0.25) is 0 Å². The summed E-state index contributed by atoms with van der Waals surface area (Å²) in [6.07, 6.45) is 0.630. The molecule has 56 valence electrons. The second-order valence-corrected chi connectivity index (χ2v) is 2.39. The van der Waals surface area contributed by atoms with E-state index in [1.54, 1.807) is 0 Å². The van der Waals surface area contributed by atoms with Crippen LogP contribution in [0.4, 0.5) is 0 Å². The van der Waals surface area contributed by atoms with Crippen molar-refractivity contribution < 1.29 is 5.11 Å². The number of aliphatic hydroxyl groups excluding tert-OH is 1. The Bertz CT molecular complexity index is 83.1. The lowest BCUT2D eigenvalue weighted by Gasteiger charge is -2.27. The molecule has 0 rings (SSSR count). The zero-order valence-corrected chi connectivity index (χ0v) is 6.09. The van der Waals surface area contributed by atoms with E-state index >= 15 is 0 Å². The summed E-state index contributed by atoms with van der Waals surface area (Å²) < 4.78 is 0. The number of hydrogen-bond acceptors (Lipinski definition) is 3. The van der Waals surface area contributed by atoms with Crippen LogP contribution in [-0.2, 0) is 0 Å². The maximum Gasteiger partial charge on any atom is 0.0900 e. The molecule has 0 radical (unpaired) electrons. The van der Waals surface area contributed by atoms with Crippen molar-refractivity contribution in [3.8, 4) is 0 Å². The van der Waals surface area contributed by atoms with Gasteiger partial charge in [-0.1, -0.05) is 13.8 Å². The highest BCUT2D eigenvalue weighted by Crippen LogP contribution is 2.06. The van der Waals surface area contributed by atoms with Crippen LogP contribution in [0, 0.1) is 0 Å². The van der Waals surface area contributed by atoms with Gasteiger partial charge in [0.1, 0.15) is 0 Å². The van der Waals surface area contributed by atoms with E-state index in [-0.39, 0.29) is 0 Å². The average Bonchev–Trinajstić information content (AvgIpc) is 1.86. The molecule has 0 bridgehead atoms. The third kappa shape index (κ3) is 2.30. The molecular weight excluding hydrogens is 116 g/mol. The molecule has 3 nitrogen and oxygen atoms in total. The Balaban J connectivity index is 3.80. The van der Waals surface area contributed by atoms with Gasteiger partial charge in [0, 0.05) is 0 Å². The van der Waals surface area contributed by atoms with Crippen LogP contribution in [0.2, 0.25) is 0 Å². The van der Waals surface area contributed by atoms with Crippen molar-refractivity contribution in [1.82, 2.24) is 0 Å². The van der Waals surface area contributed by atoms with Crippen LogP contribution in [-0.4, -0.2) is 16.9 Å². The standard InChI is InChI=1S/C6H16N2O/c1-3-5(9)6(7,8)4-2/h5,9H,3-4,7-8H2,1-2H3. The van der Waals surface area contributed by atoms with Gasteiger partial charge in [-0.05, 0) is 12.8 Å². The normalized spacial score (nSPS) is 15.7. The summed E-state index contributed by atoms with van der Waals surface area (Å²) in [5, 5.41) is 9.14. The number of nitrogens with two attached hydrogens (primary N) is 2. The van der Waals surface area contributed by atoms with Gasteiger partial charge in [-0.2, -0.15) is 0 Å². The van der Waals surface area contributed by atoms with Gasteiger partial charge >= 0.3 is 0 Å². The Labute approximate surface area is 56.0 Å². The maximum atomic E-state index is 9.14. The van der Waals surface area contributed by atoms with Crippen molar-refractivity contribution >= 4 is 0 Å². The van der Waals surface area contributed by atoms with Crippen molar-refractivity contribution in [1.29, 1.82) is 0 Å². The monoisotopic (exact) mass is 132 g/mol. The first kappa shape index (κ1) is 8.88. The Kier molecular flexibility index (Phi) is 3.11. The molecule has 0 aromatic rings. The Morgan fingerprint density at radius 1 is 1.44 bits per heavy atom. The first-order chi connectivity index (χ1) is 4.04. The molecular formula is C6H16N2O. The second kappa shape index (κ2) is 3.15.